The van der Waals surface area contributed by atoms with Gasteiger partial charge >= 0.3 is 0 Å². The van der Waals surface area contributed by atoms with Crippen molar-refractivity contribution in [3.05, 3.63) is 163 Å². The third-order valence-electron chi connectivity index (χ3n) is 11.7. The SMILES string of the molecule is CC(C)C1=CCc2cncnc21.CC(C)c1nnc2c(=O)[nH]ccn12.CC(C)c1nnc2cccnn12.CC(C)n1cnc2ccccc21.CC(C)n1cnc2cccnc21.CC(C)n1cnc2cnccc21. The molecule has 0 aliphatic heterocycles. The molecule has 73 heavy (non-hydrogen) atoms. The van der Waals surface area contributed by atoms with Gasteiger partial charge in [-0.1, -0.05) is 59.8 Å². The summed E-state index contributed by atoms with van der Waals surface area (Å²) >= 11 is 0. The van der Waals surface area contributed by atoms with E-state index in [2.05, 4.69) is 160 Å². The molecule has 1 aliphatic rings. The minimum atomic E-state index is -0.207. The zero-order valence-corrected chi connectivity index (χ0v) is 43.8. The van der Waals surface area contributed by atoms with Crippen LogP contribution in [0.3, 0.4) is 0 Å². The Kier molecular flexibility index (Phi) is 17.4. The molecule has 378 valence electrons. The summed E-state index contributed by atoms with van der Waals surface area (Å²) in [6.45, 7) is 25.4. The second kappa shape index (κ2) is 24.2. The lowest BCUT2D eigenvalue weighted by Crippen LogP contribution is -2.09. The Bertz CT molecular complexity index is 3270. The molecule has 1 aromatic carbocycles. The summed E-state index contributed by atoms with van der Waals surface area (Å²) in [7, 11) is 0. The average molecular weight is 983 g/mol. The molecule has 12 rings (SSSR count). The Morgan fingerprint density at radius 2 is 1.19 bits per heavy atom. The fourth-order valence-electron chi connectivity index (χ4n) is 7.90. The van der Waals surface area contributed by atoms with E-state index >= 15 is 0 Å². The first-order valence-corrected chi connectivity index (χ1v) is 24.7. The number of hydrogen-bond donors (Lipinski definition) is 1. The Balaban J connectivity index is 0.000000128. The monoisotopic (exact) mass is 983 g/mol. The second-order valence-electron chi connectivity index (χ2n) is 19.1. The molecule has 10 heterocycles. The summed E-state index contributed by atoms with van der Waals surface area (Å²) in [5.41, 5.74) is 11.1. The van der Waals surface area contributed by atoms with Crippen LogP contribution in [0, 0.1) is 5.92 Å². The number of aromatic nitrogens is 18. The van der Waals surface area contributed by atoms with Crippen LogP contribution in [-0.2, 0) is 6.42 Å². The third kappa shape index (κ3) is 12.6. The topological polar surface area (TPSA) is 211 Å². The molecular weight excluding hydrogens is 917 g/mol. The molecule has 0 radical (unpaired) electrons. The smallest absolute Gasteiger partial charge is 0.293 e. The van der Waals surface area contributed by atoms with Crippen molar-refractivity contribution in [2.45, 2.75) is 119 Å². The van der Waals surface area contributed by atoms with E-state index < -0.39 is 0 Å². The third-order valence-corrected chi connectivity index (χ3v) is 11.7. The number of nitrogens with one attached hydrogen (secondary N) is 1. The van der Waals surface area contributed by atoms with Crippen molar-refractivity contribution >= 4 is 50.1 Å². The summed E-state index contributed by atoms with van der Waals surface area (Å²) in [6, 6.07) is 19.2. The van der Waals surface area contributed by atoms with Crippen LogP contribution in [-0.4, -0.2) is 88.0 Å². The van der Waals surface area contributed by atoms with Crippen LogP contribution >= 0.6 is 0 Å². The number of pyridine rings is 2. The van der Waals surface area contributed by atoms with Crippen molar-refractivity contribution in [1.82, 2.24) is 88.0 Å². The van der Waals surface area contributed by atoms with Gasteiger partial charge in [0.1, 0.15) is 23.2 Å². The van der Waals surface area contributed by atoms with Crippen molar-refractivity contribution in [3.63, 3.8) is 0 Å². The van der Waals surface area contributed by atoms with Crippen molar-refractivity contribution < 1.29 is 0 Å². The van der Waals surface area contributed by atoms with Crippen molar-refractivity contribution in [1.29, 1.82) is 0 Å². The zero-order valence-electron chi connectivity index (χ0n) is 43.8. The molecule has 0 saturated heterocycles. The molecule has 1 aliphatic carbocycles. The zero-order chi connectivity index (χ0) is 52.2. The van der Waals surface area contributed by atoms with E-state index in [4.69, 9.17) is 0 Å². The predicted octanol–water partition coefficient (Wildman–Crippen LogP) is 10.5. The van der Waals surface area contributed by atoms with Gasteiger partial charge in [-0.15, -0.1) is 20.4 Å². The van der Waals surface area contributed by atoms with E-state index in [0.717, 1.165) is 57.1 Å². The van der Waals surface area contributed by atoms with E-state index in [-0.39, 0.29) is 11.5 Å². The summed E-state index contributed by atoms with van der Waals surface area (Å²) in [4.78, 5) is 43.1. The van der Waals surface area contributed by atoms with E-state index in [9.17, 15) is 4.79 Å². The molecular formula is C54H66N18O. The Labute approximate surface area is 424 Å². The van der Waals surface area contributed by atoms with Gasteiger partial charge < -0.3 is 18.7 Å². The number of rotatable bonds is 6. The number of H-pyrrole nitrogens is 1. The van der Waals surface area contributed by atoms with E-state index in [1.54, 1.807) is 52.4 Å². The van der Waals surface area contributed by atoms with Crippen LogP contribution < -0.4 is 5.56 Å². The lowest BCUT2D eigenvalue weighted by molar-refractivity contribution is 0.613. The van der Waals surface area contributed by atoms with Gasteiger partial charge in [-0.25, -0.2) is 29.9 Å². The van der Waals surface area contributed by atoms with Gasteiger partial charge in [0.2, 0.25) is 5.65 Å². The molecule has 0 unspecified atom stereocenters. The molecule has 0 spiro atoms. The van der Waals surface area contributed by atoms with Gasteiger partial charge in [0.05, 0.1) is 47.4 Å². The standard InChI is InChI=1S/2C10H12N2.2C9H11N3.C8H10N4O.C8H10N4/c1-7(2)9-4-3-8-5-11-6-12-10(8)9;1-8(2)12-7-11-9-5-3-4-6-10(9)12;1-7(2)12-6-11-8-5-10-4-3-9(8)12;1-7(2)12-6-11-8-4-3-5-10-9(8)12;1-5(2)6-10-11-7-8(13)9-3-4-12(6)7;1-6(2)8-11-10-7-4-3-5-9-12(7)8/h4-7H,3H2,1-2H3;3-8H,1-2H3;2*3-7H,1-2H3;3-5H,1-2H3,(H,9,13);3-6H,1-2H3. The molecule has 0 saturated carbocycles. The van der Waals surface area contributed by atoms with Gasteiger partial charge in [0.15, 0.2) is 17.1 Å². The summed E-state index contributed by atoms with van der Waals surface area (Å²) in [5.74, 6) is 2.90. The molecule has 0 bridgehead atoms. The predicted molar refractivity (Wildman–Crippen MR) is 287 cm³/mol. The van der Waals surface area contributed by atoms with Crippen LogP contribution in [0.25, 0.3) is 50.1 Å². The quantitative estimate of drug-likeness (QED) is 0.164. The highest BCUT2D eigenvalue weighted by atomic mass is 16.1. The first-order chi connectivity index (χ1) is 35.1. The number of nitrogens with zero attached hydrogens (tertiary/aromatic N) is 17. The van der Waals surface area contributed by atoms with E-state index in [1.807, 2.05) is 87.6 Å². The fraction of sp³-hybridized carbons (Fsp3) is 0.352. The first-order valence-electron chi connectivity index (χ1n) is 24.7. The van der Waals surface area contributed by atoms with Gasteiger partial charge in [-0.2, -0.15) is 9.61 Å². The number of imidazole rings is 3. The maximum Gasteiger partial charge on any atom is 0.293 e. The Morgan fingerprint density at radius 1 is 0.548 bits per heavy atom. The van der Waals surface area contributed by atoms with Crippen LogP contribution in [0.15, 0.2) is 134 Å². The minimum absolute atomic E-state index is 0.207. The van der Waals surface area contributed by atoms with Gasteiger partial charge in [0.25, 0.3) is 5.56 Å². The second-order valence-corrected chi connectivity index (χ2v) is 19.1. The summed E-state index contributed by atoms with van der Waals surface area (Å²) < 4.78 is 9.86. The number of para-hydroxylation sites is 2. The normalized spacial score (nSPS) is 11.8. The van der Waals surface area contributed by atoms with Crippen LogP contribution in [0.1, 0.15) is 136 Å². The minimum Gasteiger partial charge on any atom is -0.328 e. The molecule has 1 N–H and O–H groups in total. The molecule has 11 aromatic rings. The first kappa shape index (κ1) is 52.5. The maximum atomic E-state index is 11.2. The number of fused-ring (bicyclic) bond motifs is 6. The number of hydrogen-bond acceptors (Lipinski definition) is 13. The molecule has 10 aromatic heterocycles. The van der Waals surface area contributed by atoms with Crippen LogP contribution in [0.4, 0.5) is 0 Å². The Hall–Kier alpha value is -8.35. The molecule has 0 atom stereocenters. The molecule has 19 nitrogen and oxygen atoms in total. The van der Waals surface area contributed by atoms with Crippen LogP contribution in [0.5, 0.6) is 0 Å². The lowest BCUT2D eigenvalue weighted by Gasteiger charge is -2.06. The summed E-state index contributed by atoms with van der Waals surface area (Å²) in [6.07, 6.45) is 22.8. The largest absolute Gasteiger partial charge is 0.328 e. The van der Waals surface area contributed by atoms with Crippen molar-refractivity contribution in [3.8, 4) is 0 Å². The highest BCUT2D eigenvalue weighted by molar-refractivity contribution is 5.75. The lowest BCUT2D eigenvalue weighted by atomic mass is 10.0. The molecule has 0 amide bonds. The number of allylic oxidation sites excluding steroid dienone is 2. The fourth-order valence-corrected chi connectivity index (χ4v) is 7.90. The van der Waals surface area contributed by atoms with Crippen molar-refractivity contribution in [2.24, 2.45) is 5.92 Å². The Morgan fingerprint density at radius 3 is 1.90 bits per heavy atom. The maximum absolute atomic E-state index is 11.2. The number of benzene rings is 1. The average Bonchev–Trinajstić information content (AvgIpc) is 4.25. The van der Waals surface area contributed by atoms with Crippen molar-refractivity contribution in [2.75, 3.05) is 0 Å². The summed E-state index contributed by atoms with van der Waals surface area (Å²) in [5, 5.41) is 19.9. The van der Waals surface area contributed by atoms with Gasteiger partial charge in [-0.05, 0) is 102 Å². The highest BCUT2D eigenvalue weighted by Gasteiger charge is 2.17. The van der Waals surface area contributed by atoms with Crippen LogP contribution in [0.2, 0.25) is 0 Å². The highest BCUT2D eigenvalue weighted by Crippen LogP contribution is 2.30. The van der Waals surface area contributed by atoms with Gasteiger partial charge in [0, 0.05) is 72.7 Å². The van der Waals surface area contributed by atoms with Gasteiger partial charge in [-0.3, -0.25) is 14.2 Å². The number of aromatic amines is 1. The van der Waals surface area contributed by atoms with E-state index in [1.165, 1.54) is 16.7 Å². The molecule has 0 fully saturated rings. The molecule has 19 heteroatoms. The van der Waals surface area contributed by atoms with E-state index in [0.29, 0.717) is 35.6 Å².